The molecule has 0 heterocycles. The van der Waals surface area contributed by atoms with Gasteiger partial charge in [0.25, 0.3) is 0 Å². The summed E-state index contributed by atoms with van der Waals surface area (Å²) in [5.74, 6) is 2.50. The van der Waals surface area contributed by atoms with Crippen LogP contribution in [0.2, 0.25) is 0 Å². The minimum absolute atomic E-state index is 0.538. The van der Waals surface area contributed by atoms with Crippen LogP contribution < -0.4 is 0 Å². The van der Waals surface area contributed by atoms with Gasteiger partial charge >= 0.3 is 0 Å². The highest BCUT2D eigenvalue weighted by Crippen LogP contribution is 2.49. The molecule has 4 rings (SSSR count). The summed E-state index contributed by atoms with van der Waals surface area (Å²) in [7, 11) is 0. The standard InChI is InChI=1S/C19H26O/c20-19(12-2-5-17(13-19)16-6-7-16)18-10-8-15(9-11-18)14-3-1-4-14/h8-11,14,16-17,20H,1-7,12-13H2. The van der Waals surface area contributed by atoms with E-state index in [2.05, 4.69) is 24.3 Å². The van der Waals surface area contributed by atoms with Gasteiger partial charge in [0.15, 0.2) is 0 Å². The summed E-state index contributed by atoms with van der Waals surface area (Å²) in [6.45, 7) is 0. The van der Waals surface area contributed by atoms with Gasteiger partial charge in [-0.3, -0.25) is 0 Å². The van der Waals surface area contributed by atoms with E-state index in [0.29, 0.717) is 0 Å². The summed E-state index contributed by atoms with van der Waals surface area (Å²) in [4.78, 5) is 0. The van der Waals surface area contributed by atoms with Crippen LogP contribution in [0.4, 0.5) is 0 Å². The normalized spacial score (nSPS) is 34.8. The van der Waals surface area contributed by atoms with Crippen molar-refractivity contribution in [2.45, 2.75) is 69.3 Å². The summed E-state index contributed by atoms with van der Waals surface area (Å²) < 4.78 is 0. The summed E-state index contributed by atoms with van der Waals surface area (Å²) in [6.07, 6.45) is 11.4. The van der Waals surface area contributed by atoms with Crippen molar-refractivity contribution in [1.82, 2.24) is 0 Å². The lowest BCUT2D eigenvalue weighted by Gasteiger charge is -2.38. The van der Waals surface area contributed by atoms with Crippen molar-refractivity contribution in [3.05, 3.63) is 35.4 Å². The van der Waals surface area contributed by atoms with Crippen LogP contribution in [0.15, 0.2) is 24.3 Å². The highest BCUT2D eigenvalue weighted by molar-refractivity contribution is 5.30. The summed E-state index contributed by atoms with van der Waals surface area (Å²) >= 11 is 0. The Morgan fingerprint density at radius 2 is 1.60 bits per heavy atom. The molecule has 0 aromatic heterocycles. The zero-order valence-corrected chi connectivity index (χ0v) is 12.4. The maximum absolute atomic E-state index is 11.1. The zero-order valence-electron chi connectivity index (χ0n) is 12.4. The van der Waals surface area contributed by atoms with Gasteiger partial charge in [0.2, 0.25) is 0 Å². The van der Waals surface area contributed by atoms with Gasteiger partial charge in [-0.2, -0.15) is 0 Å². The van der Waals surface area contributed by atoms with Gasteiger partial charge in [-0.15, -0.1) is 0 Å². The first-order valence-corrected chi connectivity index (χ1v) is 8.57. The third-order valence-electron chi connectivity index (χ3n) is 6.08. The topological polar surface area (TPSA) is 20.2 Å². The molecule has 0 bridgehead atoms. The van der Waals surface area contributed by atoms with Crippen molar-refractivity contribution in [1.29, 1.82) is 0 Å². The van der Waals surface area contributed by atoms with Crippen LogP contribution in [0.25, 0.3) is 0 Å². The molecule has 0 saturated heterocycles. The van der Waals surface area contributed by atoms with Gasteiger partial charge in [0.1, 0.15) is 0 Å². The largest absolute Gasteiger partial charge is 0.385 e. The maximum Gasteiger partial charge on any atom is 0.0899 e. The Bertz CT molecular complexity index is 469. The molecule has 1 N–H and O–H groups in total. The molecule has 0 spiro atoms. The van der Waals surface area contributed by atoms with E-state index in [1.165, 1.54) is 56.1 Å². The maximum atomic E-state index is 11.1. The molecule has 1 aromatic rings. The molecule has 3 aliphatic rings. The summed E-state index contributed by atoms with van der Waals surface area (Å²) in [5.41, 5.74) is 2.12. The lowest BCUT2D eigenvalue weighted by Crippen LogP contribution is -2.33. The predicted octanol–water partition coefficient (Wildman–Crippen LogP) is 4.74. The van der Waals surface area contributed by atoms with E-state index in [9.17, 15) is 5.11 Å². The van der Waals surface area contributed by atoms with Crippen LogP contribution in [0, 0.1) is 11.8 Å². The van der Waals surface area contributed by atoms with E-state index in [4.69, 9.17) is 0 Å². The number of aliphatic hydroxyl groups is 1. The van der Waals surface area contributed by atoms with Crippen molar-refractivity contribution in [3.63, 3.8) is 0 Å². The molecular formula is C19H26O. The quantitative estimate of drug-likeness (QED) is 0.841. The fraction of sp³-hybridized carbons (Fsp3) is 0.684. The molecule has 2 unspecified atom stereocenters. The van der Waals surface area contributed by atoms with Crippen LogP contribution in [0.3, 0.4) is 0 Å². The lowest BCUT2D eigenvalue weighted by atomic mass is 9.72. The van der Waals surface area contributed by atoms with E-state index in [0.717, 1.165) is 30.6 Å². The van der Waals surface area contributed by atoms with Gasteiger partial charge in [0.05, 0.1) is 5.60 Å². The van der Waals surface area contributed by atoms with Crippen LogP contribution in [-0.2, 0) is 5.60 Å². The average Bonchev–Trinajstić information content (AvgIpc) is 3.22. The predicted molar refractivity (Wildman–Crippen MR) is 81.6 cm³/mol. The Kier molecular flexibility index (Phi) is 3.14. The highest BCUT2D eigenvalue weighted by Gasteiger charge is 2.41. The van der Waals surface area contributed by atoms with Crippen LogP contribution >= 0.6 is 0 Å². The first-order valence-electron chi connectivity index (χ1n) is 8.57. The van der Waals surface area contributed by atoms with E-state index < -0.39 is 5.60 Å². The molecule has 3 aliphatic carbocycles. The molecule has 1 nitrogen and oxygen atoms in total. The lowest BCUT2D eigenvalue weighted by molar-refractivity contribution is -0.0251. The Labute approximate surface area is 122 Å². The van der Waals surface area contributed by atoms with Crippen molar-refractivity contribution >= 4 is 0 Å². The van der Waals surface area contributed by atoms with Crippen molar-refractivity contribution in [3.8, 4) is 0 Å². The van der Waals surface area contributed by atoms with Gasteiger partial charge in [0, 0.05) is 0 Å². The Balaban J connectivity index is 1.52. The van der Waals surface area contributed by atoms with E-state index in [1.54, 1.807) is 0 Å². The molecule has 2 atom stereocenters. The zero-order chi connectivity index (χ0) is 13.6. The number of hydrogen-bond donors (Lipinski definition) is 1. The van der Waals surface area contributed by atoms with Gasteiger partial charge in [-0.25, -0.2) is 0 Å². The number of hydrogen-bond acceptors (Lipinski definition) is 1. The van der Waals surface area contributed by atoms with Crippen molar-refractivity contribution in [2.24, 2.45) is 11.8 Å². The molecule has 108 valence electrons. The molecule has 1 heteroatoms. The molecule has 0 radical (unpaired) electrons. The molecule has 3 saturated carbocycles. The Morgan fingerprint density at radius 1 is 0.850 bits per heavy atom. The number of rotatable bonds is 3. The highest BCUT2D eigenvalue weighted by atomic mass is 16.3. The molecule has 1 aromatic carbocycles. The fourth-order valence-corrected chi connectivity index (χ4v) is 4.33. The number of benzene rings is 1. The molecular weight excluding hydrogens is 244 g/mol. The van der Waals surface area contributed by atoms with Crippen LogP contribution in [0.1, 0.15) is 74.8 Å². The van der Waals surface area contributed by atoms with Crippen molar-refractivity contribution in [2.75, 3.05) is 0 Å². The molecule has 0 aliphatic heterocycles. The Morgan fingerprint density at radius 3 is 2.20 bits per heavy atom. The molecule has 3 fully saturated rings. The second-order valence-electron chi connectivity index (χ2n) is 7.48. The van der Waals surface area contributed by atoms with Gasteiger partial charge in [-0.1, -0.05) is 30.7 Å². The van der Waals surface area contributed by atoms with Gasteiger partial charge in [-0.05, 0) is 80.2 Å². The van der Waals surface area contributed by atoms with Crippen LogP contribution in [0.5, 0.6) is 0 Å². The summed E-state index contributed by atoms with van der Waals surface area (Å²) in [6, 6.07) is 8.97. The first kappa shape index (κ1) is 12.9. The van der Waals surface area contributed by atoms with E-state index in [-0.39, 0.29) is 0 Å². The Hall–Kier alpha value is -0.820. The van der Waals surface area contributed by atoms with E-state index >= 15 is 0 Å². The minimum Gasteiger partial charge on any atom is -0.385 e. The molecule has 20 heavy (non-hydrogen) atoms. The van der Waals surface area contributed by atoms with E-state index in [1.807, 2.05) is 0 Å². The second kappa shape index (κ2) is 4.87. The van der Waals surface area contributed by atoms with Crippen molar-refractivity contribution < 1.29 is 5.11 Å². The second-order valence-corrected chi connectivity index (χ2v) is 7.48. The summed E-state index contributed by atoms with van der Waals surface area (Å²) in [5, 5.41) is 11.1. The smallest absolute Gasteiger partial charge is 0.0899 e. The fourth-order valence-electron chi connectivity index (χ4n) is 4.33. The first-order chi connectivity index (χ1) is 9.74. The average molecular weight is 270 g/mol. The van der Waals surface area contributed by atoms with Gasteiger partial charge < -0.3 is 5.11 Å². The monoisotopic (exact) mass is 270 g/mol. The van der Waals surface area contributed by atoms with Crippen LogP contribution in [-0.4, -0.2) is 5.11 Å². The minimum atomic E-state index is -0.538. The third kappa shape index (κ3) is 2.30. The SMILES string of the molecule is OC1(c2ccc(C3CCC3)cc2)CCCC(C2CC2)C1. The molecule has 0 amide bonds. The third-order valence-corrected chi connectivity index (χ3v) is 6.08.